The van der Waals surface area contributed by atoms with Crippen molar-refractivity contribution >= 4 is 11.6 Å². The third-order valence-electron chi connectivity index (χ3n) is 4.07. The van der Waals surface area contributed by atoms with Crippen molar-refractivity contribution in [1.29, 1.82) is 5.26 Å². The molecule has 3 aromatic rings. The van der Waals surface area contributed by atoms with Crippen LogP contribution in [-0.4, -0.2) is 10.4 Å². The molecule has 0 saturated heterocycles. The van der Waals surface area contributed by atoms with Crippen LogP contribution in [0.25, 0.3) is 5.65 Å². The van der Waals surface area contributed by atoms with Crippen LogP contribution in [0.5, 0.6) is 5.88 Å². The molecule has 0 bridgehead atoms. The number of esters is 1. The van der Waals surface area contributed by atoms with Crippen LogP contribution in [0.3, 0.4) is 0 Å². The van der Waals surface area contributed by atoms with Gasteiger partial charge in [0.2, 0.25) is 5.69 Å². The van der Waals surface area contributed by atoms with E-state index in [-0.39, 0.29) is 24.2 Å². The number of aromatic nitrogens is 2. The molecular formula is C19H14F3N3O3. The minimum atomic E-state index is -4.51. The number of imidazole rings is 1. The summed E-state index contributed by atoms with van der Waals surface area (Å²) in [6.45, 7) is -0.315. The van der Waals surface area contributed by atoms with Crippen LogP contribution >= 0.6 is 0 Å². The number of alkyl halides is 3. The van der Waals surface area contributed by atoms with Crippen molar-refractivity contribution < 1.29 is 32.4 Å². The highest BCUT2D eigenvalue weighted by molar-refractivity contribution is 5.90. The van der Waals surface area contributed by atoms with Gasteiger partial charge in [0, 0.05) is 6.07 Å². The smallest absolute Gasteiger partial charge is 0.416 e. The maximum Gasteiger partial charge on any atom is 0.416 e. The van der Waals surface area contributed by atoms with Gasteiger partial charge in [0.15, 0.2) is 0 Å². The Morgan fingerprint density at radius 2 is 2.04 bits per heavy atom. The SMILES string of the molecule is N#CCC[n+]1c([O-])c(C(=O)OCc2cccc(C(F)(F)F)c2)n2ccccc21. The van der Waals surface area contributed by atoms with E-state index in [2.05, 4.69) is 0 Å². The van der Waals surface area contributed by atoms with Gasteiger partial charge in [-0.2, -0.15) is 22.8 Å². The lowest BCUT2D eigenvalue weighted by molar-refractivity contribution is -0.711. The molecule has 0 fully saturated rings. The molecule has 0 unspecified atom stereocenters. The number of nitrogens with zero attached hydrogens (tertiary/aromatic N) is 3. The number of pyridine rings is 1. The fourth-order valence-corrected chi connectivity index (χ4v) is 2.80. The summed E-state index contributed by atoms with van der Waals surface area (Å²) in [6, 6.07) is 11.2. The maximum absolute atomic E-state index is 12.8. The minimum absolute atomic E-state index is 0.0766. The Hall–Kier alpha value is -3.54. The van der Waals surface area contributed by atoms with Crippen LogP contribution in [0.1, 0.15) is 28.0 Å². The molecule has 0 N–H and O–H groups in total. The number of aryl methyl sites for hydroxylation is 1. The summed E-state index contributed by atoms with van der Waals surface area (Å²) in [5.74, 6) is -1.59. The molecule has 9 heteroatoms. The molecule has 1 aromatic carbocycles. The summed E-state index contributed by atoms with van der Waals surface area (Å²) < 4.78 is 46.1. The average molecular weight is 389 g/mol. The Labute approximate surface area is 157 Å². The number of carbonyl (C=O) groups is 1. The Kier molecular flexibility index (Phi) is 5.22. The summed E-state index contributed by atoms with van der Waals surface area (Å²) in [7, 11) is 0. The van der Waals surface area contributed by atoms with Crippen molar-refractivity contribution in [3.63, 3.8) is 0 Å². The molecule has 28 heavy (non-hydrogen) atoms. The number of fused-ring (bicyclic) bond motifs is 1. The van der Waals surface area contributed by atoms with Crippen molar-refractivity contribution in [3.05, 3.63) is 65.5 Å². The van der Waals surface area contributed by atoms with Gasteiger partial charge >= 0.3 is 12.1 Å². The molecule has 0 amide bonds. The van der Waals surface area contributed by atoms with Gasteiger partial charge in [-0.15, -0.1) is 0 Å². The number of ether oxygens (including phenoxy) is 1. The number of rotatable bonds is 5. The second kappa shape index (κ2) is 7.60. The zero-order valence-electron chi connectivity index (χ0n) is 14.4. The zero-order valence-corrected chi connectivity index (χ0v) is 14.4. The molecule has 6 nitrogen and oxygen atoms in total. The maximum atomic E-state index is 12.8. The molecule has 0 radical (unpaired) electrons. The van der Waals surface area contributed by atoms with E-state index in [1.54, 1.807) is 18.2 Å². The third-order valence-corrected chi connectivity index (χ3v) is 4.07. The zero-order chi connectivity index (χ0) is 20.3. The minimum Gasteiger partial charge on any atom is -0.839 e. The van der Waals surface area contributed by atoms with E-state index in [0.29, 0.717) is 5.65 Å². The van der Waals surface area contributed by atoms with Crippen LogP contribution in [0, 0.1) is 11.3 Å². The van der Waals surface area contributed by atoms with Gasteiger partial charge in [-0.1, -0.05) is 18.2 Å². The number of benzene rings is 1. The fraction of sp³-hybridized carbons (Fsp3) is 0.211. The first kappa shape index (κ1) is 19.2. The first-order valence-electron chi connectivity index (χ1n) is 8.23. The van der Waals surface area contributed by atoms with Gasteiger partial charge < -0.3 is 9.84 Å². The molecule has 0 spiro atoms. The topological polar surface area (TPSA) is 81.4 Å². The molecule has 0 atom stereocenters. The average Bonchev–Trinajstić information content (AvgIpc) is 2.95. The molecule has 144 valence electrons. The van der Waals surface area contributed by atoms with Crippen LogP contribution in [0.15, 0.2) is 48.7 Å². The van der Waals surface area contributed by atoms with Crippen LogP contribution < -0.4 is 9.67 Å². The third kappa shape index (κ3) is 3.76. The van der Waals surface area contributed by atoms with Gasteiger partial charge in [0.25, 0.3) is 5.65 Å². The van der Waals surface area contributed by atoms with Crippen LogP contribution in [0.4, 0.5) is 13.2 Å². The van der Waals surface area contributed by atoms with E-state index in [4.69, 9.17) is 10.00 Å². The first-order valence-corrected chi connectivity index (χ1v) is 8.23. The Morgan fingerprint density at radius 1 is 1.25 bits per heavy atom. The van der Waals surface area contributed by atoms with Crippen LogP contribution in [0.2, 0.25) is 0 Å². The van der Waals surface area contributed by atoms with Gasteiger partial charge in [-0.25, -0.2) is 9.36 Å². The lowest BCUT2D eigenvalue weighted by Gasteiger charge is -2.09. The van der Waals surface area contributed by atoms with Gasteiger partial charge in [-0.05, 0) is 23.8 Å². The number of hydrogen-bond acceptors (Lipinski definition) is 4. The molecule has 0 aliphatic heterocycles. The highest BCUT2D eigenvalue weighted by Crippen LogP contribution is 2.29. The van der Waals surface area contributed by atoms with Crippen molar-refractivity contribution in [2.45, 2.75) is 25.7 Å². The Balaban J connectivity index is 1.87. The summed E-state index contributed by atoms with van der Waals surface area (Å²) in [5.41, 5.74) is -0.573. The first-order chi connectivity index (χ1) is 13.3. The lowest BCUT2D eigenvalue weighted by atomic mass is 10.1. The van der Waals surface area contributed by atoms with Gasteiger partial charge in [0.05, 0.1) is 24.3 Å². The van der Waals surface area contributed by atoms with E-state index in [0.717, 1.165) is 12.1 Å². The van der Waals surface area contributed by atoms with Gasteiger partial charge in [-0.3, -0.25) is 0 Å². The summed E-state index contributed by atoms with van der Waals surface area (Å²) >= 11 is 0. The highest BCUT2D eigenvalue weighted by atomic mass is 19.4. The molecule has 3 rings (SSSR count). The molecule has 2 heterocycles. The molecule has 0 aliphatic carbocycles. The number of carbonyl (C=O) groups excluding carboxylic acids is 1. The normalized spacial score (nSPS) is 11.4. The summed E-state index contributed by atoms with van der Waals surface area (Å²) in [4.78, 5) is 12.5. The quantitative estimate of drug-likeness (QED) is 0.496. The fourth-order valence-electron chi connectivity index (χ4n) is 2.80. The summed E-state index contributed by atoms with van der Waals surface area (Å²) in [6.07, 6.45) is -2.93. The molecule has 0 saturated carbocycles. The number of hydrogen-bond donors (Lipinski definition) is 0. The van der Waals surface area contributed by atoms with E-state index in [1.165, 1.54) is 27.3 Å². The van der Waals surface area contributed by atoms with E-state index < -0.39 is 30.2 Å². The Bertz CT molecular complexity index is 1070. The standard InChI is InChI=1S/C19H14F3N3O3/c20-19(21,22)14-6-3-5-13(11-14)12-28-18(27)16-17(26)25(10-4-8-23)15-7-1-2-9-24(15)16/h1-3,5-7,9,11H,4,10,12H2. The van der Waals surface area contributed by atoms with E-state index in [9.17, 15) is 23.1 Å². The van der Waals surface area contributed by atoms with Crippen molar-refractivity contribution in [3.8, 4) is 11.9 Å². The molecule has 2 aromatic heterocycles. The molecule has 0 aliphatic rings. The van der Waals surface area contributed by atoms with E-state index in [1.807, 2.05) is 6.07 Å². The van der Waals surface area contributed by atoms with Crippen molar-refractivity contribution in [2.75, 3.05) is 0 Å². The second-order valence-corrected chi connectivity index (χ2v) is 5.92. The predicted octanol–water partition coefficient (Wildman–Crippen LogP) is 2.59. The monoisotopic (exact) mass is 389 g/mol. The molecular weight excluding hydrogens is 375 g/mol. The van der Waals surface area contributed by atoms with Crippen molar-refractivity contribution in [2.24, 2.45) is 0 Å². The summed E-state index contributed by atoms with van der Waals surface area (Å²) in [5, 5.41) is 21.4. The van der Waals surface area contributed by atoms with Crippen molar-refractivity contribution in [1.82, 2.24) is 4.40 Å². The van der Waals surface area contributed by atoms with Gasteiger partial charge in [0.1, 0.15) is 19.0 Å². The van der Waals surface area contributed by atoms with E-state index >= 15 is 0 Å². The largest absolute Gasteiger partial charge is 0.839 e. The van der Waals surface area contributed by atoms with Crippen LogP contribution in [-0.2, 0) is 24.1 Å². The second-order valence-electron chi connectivity index (χ2n) is 5.92. The number of halogens is 3. The number of nitriles is 1. The Morgan fingerprint density at radius 3 is 2.75 bits per heavy atom. The highest BCUT2D eigenvalue weighted by Gasteiger charge is 2.31. The lowest BCUT2D eigenvalue weighted by Crippen LogP contribution is -2.36. The predicted molar refractivity (Wildman–Crippen MR) is 87.8 cm³/mol.